The average molecular weight is 129 g/mol. The molecule has 1 aliphatic rings. The fourth-order valence-corrected chi connectivity index (χ4v) is 1.15. The molecule has 0 aromatic rings. The summed E-state index contributed by atoms with van der Waals surface area (Å²) >= 11 is 0. The maximum absolute atomic E-state index is 4.90. The van der Waals surface area contributed by atoms with Gasteiger partial charge >= 0.3 is 0 Å². The Hall–Kier alpha value is -0.0800. The van der Waals surface area contributed by atoms with Gasteiger partial charge in [-0.2, -0.15) is 0 Å². The zero-order valence-corrected chi connectivity index (χ0v) is 5.97. The third-order valence-electron chi connectivity index (χ3n) is 2.12. The molecular weight excluding hydrogens is 114 g/mol. The molecule has 0 saturated heterocycles. The van der Waals surface area contributed by atoms with E-state index in [1.54, 1.807) is 0 Å². The topological polar surface area (TPSA) is 35.2 Å². The molecule has 1 rings (SSSR count). The van der Waals surface area contributed by atoms with Crippen LogP contribution in [0.25, 0.3) is 0 Å². The van der Waals surface area contributed by atoms with Gasteiger partial charge in [0, 0.05) is 0 Å². The van der Waals surface area contributed by atoms with Crippen molar-refractivity contribution in [2.75, 3.05) is 6.61 Å². The largest absolute Gasteiger partial charge is 0.305 e. The maximum atomic E-state index is 4.90. The van der Waals surface area contributed by atoms with Gasteiger partial charge in [0.1, 0.15) is 0 Å². The van der Waals surface area contributed by atoms with Gasteiger partial charge in [-0.25, -0.2) is 5.90 Å². The van der Waals surface area contributed by atoms with Crippen molar-refractivity contribution in [3.05, 3.63) is 0 Å². The lowest BCUT2D eigenvalue weighted by molar-refractivity contribution is 0.122. The molecule has 0 aromatic carbocycles. The highest BCUT2D eigenvalue weighted by Gasteiger charge is 2.27. The van der Waals surface area contributed by atoms with Crippen LogP contribution in [0.3, 0.4) is 0 Å². The molecule has 1 saturated carbocycles. The Kier molecular flexibility index (Phi) is 2.49. The van der Waals surface area contributed by atoms with Crippen LogP contribution in [0.4, 0.5) is 0 Å². The first-order valence-electron chi connectivity index (χ1n) is 3.66. The molecule has 54 valence electrons. The highest BCUT2D eigenvalue weighted by molar-refractivity contribution is 4.78. The van der Waals surface area contributed by atoms with E-state index in [4.69, 9.17) is 5.90 Å². The molecule has 2 nitrogen and oxygen atoms in total. The molecule has 2 heteroatoms. The molecule has 2 N–H and O–H groups in total. The summed E-state index contributed by atoms with van der Waals surface area (Å²) in [5.74, 6) is 6.71. The van der Waals surface area contributed by atoms with Crippen LogP contribution in [-0.4, -0.2) is 6.61 Å². The van der Waals surface area contributed by atoms with Crippen molar-refractivity contribution in [2.45, 2.75) is 26.2 Å². The van der Waals surface area contributed by atoms with Crippen LogP contribution < -0.4 is 5.90 Å². The van der Waals surface area contributed by atoms with E-state index in [1.807, 2.05) is 0 Å². The van der Waals surface area contributed by atoms with Crippen molar-refractivity contribution in [1.29, 1.82) is 0 Å². The minimum Gasteiger partial charge on any atom is -0.305 e. The van der Waals surface area contributed by atoms with E-state index in [0.717, 1.165) is 24.9 Å². The molecule has 1 aliphatic carbocycles. The quantitative estimate of drug-likeness (QED) is 0.581. The van der Waals surface area contributed by atoms with E-state index in [0.29, 0.717) is 0 Å². The fourth-order valence-electron chi connectivity index (χ4n) is 1.15. The van der Waals surface area contributed by atoms with Crippen LogP contribution in [0.5, 0.6) is 0 Å². The van der Waals surface area contributed by atoms with E-state index in [9.17, 15) is 0 Å². The van der Waals surface area contributed by atoms with Gasteiger partial charge < -0.3 is 4.84 Å². The smallest absolute Gasteiger partial charge is 0.0681 e. The molecule has 0 aliphatic heterocycles. The third-order valence-corrected chi connectivity index (χ3v) is 2.12. The van der Waals surface area contributed by atoms with Crippen molar-refractivity contribution in [3.63, 3.8) is 0 Å². The van der Waals surface area contributed by atoms with Crippen LogP contribution in [0.1, 0.15) is 26.2 Å². The minimum atomic E-state index is 0.720. The molecule has 0 heterocycles. The monoisotopic (exact) mass is 129 g/mol. The number of hydrogen-bond donors (Lipinski definition) is 1. The highest BCUT2D eigenvalue weighted by Crippen LogP contribution is 2.37. The second-order valence-corrected chi connectivity index (χ2v) is 2.97. The van der Waals surface area contributed by atoms with Crippen molar-refractivity contribution in [2.24, 2.45) is 17.7 Å². The molecule has 0 amide bonds. The lowest BCUT2D eigenvalue weighted by Gasteiger charge is -2.06. The summed E-state index contributed by atoms with van der Waals surface area (Å²) in [7, 11) is 0. The Balaban J connectivity index is 1.96. The van der Waals surface area contributed by atoms with Crippen molar-refractivity contribution >= 4 is 0 Å². The number of nitrogens with two attached hydrogens (primary N) is 1. The minimum absolute atomic E-state index is 0.720. The molecule has 0 aromatic heterocycles. The van der Waals surface area contributed by atoms with E-state index >= 15 is 0 Å². The predicted molar refractivity (Wildman–Crippen MR) is 36.6 cm³/mol. The van der Waals surface area contributed by atoms with E-state index in [2.05, 4.69) is 11.8 Å². The summed E-state index contributed by atoms with van der Waals surface area (Å²) in [6.45, 7) is 2.99. The van der Waals surface area contributed by atoms with Crippen LogP contribution in [0.15, 0.2) is 0 Å². The Morgan fingerprint density at radius 2 is 2.33 bits per heavy atom. The zero-order chi connectivity index (χ0) is 6.69. The number of hydrogen-bond acceptors (Lipinski definition) is 2. The first-order chi connectivity index (χ1) is 4.34. The number of rotatable bonds is 4. The van der Waals surface area contributed by atoms with Gasteiger partial charge in [0.2, 0.25) is 0 Å². The van der Waals surface area contributed by atoms with E-state index < -0.39 is 0 Å². The van der Waals surface area contributed by atoms with E-state index in [1.165, 1.54) is 12.8 Å². The highest BCUT2D eigenvalue weighted by atomic mass is 16.6. The maximum Gasteiger partial charge on any atom is 0.0681 e. The Morgan fingerprint density at radius 1 is 1.67 bits per heavy atom. The predicted octanol–water partition coefficient (Wildman–Crippen LogP) is 1.31. The first kappa shape index (κ1) is 7.03. The summed E-state index contributed by atoms with van der Waals surface area (Å²) < 4.78 is 0. The van der Waals surface area contributed by atoms with Gasteiger partial charge in [-0.15, -0.1) is 0 Å². The second-order valence-electron chi connectivity index (χ2n) is 2.97. The molecule has 0 spiro atoms. The van der Waals surface area contributed by atoms with Crippen LogP contribution in [0, 0.1) is 11.8 Å². The van der Waals surface area contributed by atoms with Gasteiger partial charge in [-0.3, -0.25) is 0 Å². The fraction of sp³-hybridized carbons (Fsp3) is 1.00. The Bertz CT molecular complexity index is 81.0. The average Bonchev–Trinajstić information content (AvgIpc) is 2.63. The lowest BCUT2D eigenvalue weighted by atomic mass is 10.0. The van der Waals surface area contributed by atoms with Gasteiger partial charge in [-0.1, -0.05) is 6.92 Å². The summed E-state index contributed by atoms with van der Waals surface area (Å²) in [6.07, 6.45) is 3.97. The normalized spacial score (nSPS) is 22.0. The molecule has 1 atom stereocenters. The lowest BCUT2D eigenvalue weighted by Crippen LogP contribution is -2.06. The van der Waals surface area contributed by atoms with Crippen LogP contribution in [-0.2, 0) is 4.84 Å². The van der Waals surface area contributed by atoms with Crippen molar-refractivity contribution in [3.8, 4) is 0 Å². The van der Waals surface area contributed by atoms with Gasteiger partial charge in [-0.05, 0) is 31.1 Å². The van der Waals surface area contributed by atoms with Crippen LogP contribution in [0.2, 0.25) is 0 Å². The van der Waals surface area contributed by atoms with E-state index in [-0.39, 0.29) is 0 Å². The molecule has 0 bridgehead atoms. The molecule has 0 radical (unpaired) electrons. The molecule has 9 heavy (non-hydrogen) atoms. The zero-order valence-electron chi connectivity index (χ0n) is 5.97. The van der Waals surface area contributed by atoms with Gasteiger partial charge in [0.05, 0.1) is 6.61 Å². The second kappa shape index (κ2) is 3.18. The molecule has 1 unspecified atom stereocenters. The Morgan fingerprint density at radius 3 is 2.78 bits per heavy atom. The van der Waals surface area contributed by atoms with Gasteiger partial charge in [0.15, 0.2) is 0 Å². The molecule has 1 fully saturated rings. The van der Waals surface area contributed by atoms with Gasteiger partial charge in [0.25, 0.3) is 0 Å². The molecular formula is C7H15NO. The van der Waals surface area contributed by atoms with Crippen molar-refractivity contribution in [1.82, 2.24) is 0 Å². The SMILES string of the molecule is CC(CCON)C1CC1. The third kappa shape index (κ3) is 2.33. The van der Waals surface area contributed by atoms with Crippen molar-refractivity contribution < 1.29 is 4.84 Å². The van der Waals surface area contributed by atoms with Crippen LogP contribution >= 0.6 is 0 Å². The first-order valence-corrected chi connectivity index (χ1v) is 3.66. The Labute approximate surface area is 56.3 Å². The summed E-state index contributed by atoms with van der Waals surface area (Å²) in [4.78, 5) is 4.49. The standard InChI is InChI=1S/C7H15NO/c1-6(4-5-9-8)7-2-3-7/h6-7H,2-5,8H2,1H3. The summed E-state index contributed by atoms with van der Waals surface area (Å²) in [5.41, 5.74) is 0. The summed E-state index contributed by atoms with van der Waals surface area (Å²) in [5, 5.41) is 0. The summed E-state index contributed by atoms with van der Waals surface area (Å²) in [6, 6.07) is 0.